The molecule has 116 valence electrons. The predicted molar refractivity (Wildman–Crippen MR) is 88.2 cm³/mol. The van der Waals surface area contributed by atoms with Crippen LogP contribution in [-0.4, -0.2) is 29.9 Å². The Morgan fingerprint density at radius 3 is 2.67 bits per heavy atom. The van der Waals surface area contributed by atoms with Crippen LogP contribution in [0.4, 0.5) is 11.4 Å². The van der Waals surface area contributed by atoms with Gasteiger partial charge in [-0.15, -0.1) is 0 Å². The summed E-state index contributed by atoms with van der Waals surface area (Å²) in [6.07, 6.45) is 6.69. The molecule has 1 saturated carbocycles. The van der Waals surface area contributed by atoms with Crippen molar-refractivity contribution in [1.29, 1.82) is 0 Å². The average Bonchev–Trinajstić information content (AvgIpc) is 2.51. The molecule has 4 heteroatoms. The Labute approximate surface area is 127 Å². The molecular weight excluding hydrogens is 262 g/mol. The second-order valence-corrected chi connectivity index (χ2v) is 5.74. The molecule has 0 saturated heterocycles. The number of carbonyl (C=O) groups is 1. The minimum atomic E-state index is 0.256. The van der Waals surface area contributed by atoms with Crippen LogP contribution in [0.5, 0.6) is 0 Å². The molecule has 4 nitrogen and oxygen atoms in total. The molecule has 0 radical (unpaired) electrons. The van der Waals surface area contributed by atoms with Gasteiger partial charge in [-0.1, -0.05) is 31.4 Å². The molecule has 1 aliphatic rings. The number of nitrogen functional groups attached to an aromatic ring is 1. The summed E-state index contributed by atoms with van der Waals surface area (Å²) < 4.78 is 0. The summed E-state index contributed by atoms with van der Waals surface area (Å²) in [5.41, 5.74) is 7.52. The third kappa shape index (κ3) is 4.38. The predicted octanol–water partition coefficient (Wildman–Crippen LogP) is 3.25. The minimum Gasteiger partial charge on any atom is -0.397 e. The molecule has 0 heterocycles. The summed E-state index contributed by atoms with van der Waals surface area (Å²) in [5.74, 6) is 0.256. The monoisotopic (exact) mass is 289 g/mol. The Balaban J connectivity index is 1.81. The van der Waals surface area contributed by atoms with Crippen molar-refractivity contribution < 1.29 is 4.79 Å². The van der Waals surface area contributed by atoms with Crippen molar-refractivity contribution in [3.63, 3.8) is 0 Å². The highest BCUT2D eigenvalue weighted by atomic mass is 16.2. The third-order valence-electron chi connectivity index (χ3n) is 4.29. The van der Waals surface area contributed by atoms with Gasteiger partial charge in [0, 0.05) is 25.6 Å². The van der Waals surface area contributed by atoms with Crippen LogP contribution in [0.3, 0.4) is 0 Å². The van der Waals surface area contributed by atoms with Crippen LogP contribution >= 0.6 is 0 Å². The van der Waals surface area contributed by atoms with E-state index in [0.717, 1.165) is 17.9 Å². The van der Waals surface area contributed by atoms with Gasteiger partial charge in [-0.2, -0.15) is 0 Å². The van der Waals surface area contributed by atoms with Crippen molar-refractivity contribution in [1.82, 2.24) is 4.90 Å². The summed E-state index contributed by atoms with van der Waals surface area (Å²) in [7, 11) is 0. The van der Waals surface area contributed by atoms with Crippen molar-refractivity contribution >= 4 is 17.3 Å². The molecule has 2 rings (SSSR count). The standard InChI is InChI=1S/C17H27N3O/c1-2-20(14-8-4-3-5-9-14)17(21)12-13-19-16-11-7-6-10-15(16)18/h6-7,10-11,14,19H,2-5,8-9,12-13,18H2,1H3. The number of anilines is 2. The van der Waals surface area contributed by atoms with E-state index in [0.29, 0.717) is 19.0 Å². The van der Waals surface area contributed by atoms with Crippen molar-refractivity contribution in [2.24, 2.45) is 0 Å². The number of hydrogen-bond acceptors (Lipinski definition) is 3. The molecule has 0 spiro atoms. The van der Waals surface area contributed by atoms with E-state index < -0.39 is 0 Å². The minimum absolute atomic E-state index is 0.256. The van der Waals surface area contributed by atoms with E-state index >= 15 is 0 Å². The average molecular weight is 289 g/mol. The Bertz CT molecular complexity index is 455. The van der Waals surface area contributed by atoms with Gasteiger partial charge in [0.25, 0.3) is 0 Å². The first kappa shape index (κ1) is 15.7. The Hall–Kier alpha value is -1.71. The Morgan fingerprint density at radius 2 is 2.00 bits per heavy atom. The third-order valence-corrected chi connectivity index (χ3v) is 4.29. The van der Waals surface area contributed by atoms with Gasteiger partial charge < -0.3 is 16.0 Å². The number of carbonyl (C=O) groups excluding carboxylic acids is 1. The molecular formula is C17H27N3O. The summed E-state index contributed by atoms with van der Waals surface area (Å²) >= 11 is 0. The molecule has 3 N–H and O–H groups in total. The van der Waals surface area contributed by atoms with Gasteiger partial charge in [-0.05, 0) is 31.9 Å². The van der Waals surface area contributed by atoms with Crippen molar-refractivity contribution in [2.45, 2.75) is 51.5 Å². The number of nitrogens with zero attached hydrogens (tertiary/aromatic N) is 1. The van der Waals surface area contributed by atoms with E-state index in [-0.39, 0.29) is 5.91 Å². The van der Waals surface area contributed by atoms with Gasteiger partial charge in [0.15, 0.2) is 0 Å². The zero-order valence-electron chi connectivity index (χ0n) is 13.0. The normalized spacial score (nSPS) is 15.7. The van der Waals surface area contributed by atoms with Crippen molar-refractivity contribution in [3.05, 3.63) is 24.3 Å². The number of hydrogen-bond donors (Lipinski definition) is 2. The zero-order chi connectivity index (χ0) is 15.1. The molecule has 0 atom stereocenters. The highest BCUT2D eigenvalue weighted by Crippen LogP contribution is 2.23. The Kier molecular flexibility index (Phi) is 5.90. The molecule has 0 aromatic heterocycles. The van der Waals surface area contributed by atoms with E-state index in [1.165, 1.54) is 32.1 Å². The van der Waals surface area contributed by atoms with Gasteiger partial charge >= 0.3 is 0 Å². The first-order valence-corrected chi connectivity index (χ1v) is 8.10. The van der Waals surface area contributed by atoms with E-state index in [9.17, 15) is 4.79 Å². The van der Waals surface area contributed by atoms with Crippen molar-refractivity contribution in [3.8, 4) is 0 Å². The first-order chi connectivity index (χ1) is 10.2. The van der Waals surface area contributed by atoms with Crippen molar-refractivity contribution in [2.75, 3.05) is 24.1 Å². The molecule has 1 aromatic rings. The first-order valence-electron chi connectivity index (χ1n) is 8.10. The quantitative estimate of drug-likeness (QED) is 0.790. The number of para-hydroxylation sites is 2. The van der Waals surface area contributed by atoms with Crippen LogP contribution in [0.1, 0.15) is 45.4 Å². The molecule has 1 aromatic carbocycles. The molecule has 1 amide bonds. The maximum atomic E-state index is 12.4. The van der Waals surface area contributed by atoms with Crippen LogP contribution in [0.25, 0.3) is 0 Å². The molecule has 21 heavy (non-hydrogen) atoms. The fraction of sp³-hybridized carbons (Fsp3) is 0.588. The van der Waals surface area contributed by atoms with Crippen LogP contribution in [0.15, 0.2) is 24.3 Å². The number of nitrogens with one attached hydrogen (secondary N) is 1. The van der Waals surface area contributed by atoms with Crippen LogP contribution in [0, 0.1) is 0 Å². The fourth-order valence-electron chi connectivity index (χ4n) is 3.14. The number of amides is 1. The number of rotatable bonds is 6. The molecule has 1 aliphatic carbocycles. The van der Waals surface area contributed by atoms with Crippen LogP contribution in [0.2, 0.25) is 0 Å². The largest absolute Gasteiger partial charge is 0.397 e. The van der Waals surface area contributed by atoms with E-state index in [2.05, 4.69) is 17.1 Å². The lowest BCUT2D eigenvalue weighted by Gasteiger charge is -2.33. The molecule has 0 bridgehead atoms. The summed E-state index contributed by atoms with van der Waals surface area (Å²) in [4.78, 5) is 14.5. The summed E-state index contributed by atoms with van der Waals surface area (Å²) in [6.45, 7) is 3.53. The maximum Gasteiger partial charge on any atom is 0.224 e. The van der Waals surface area contributed by atoms with E-state index in [1.807, 2.05) is 24.3 Å². The lowest BCUT2D eigenvalue weighted by atomic mass is 9.94. The second-order valence-electron chi connectivity index (χ2n) is 5.74. The van der Waals surface area contributed by atoms with Gasteiger partial charge in [-0.25, -0.2) is 0 Å². The molecule has 0 aliphatic heterocycles. The lowest BCUT2D eigenvalue weighted by Crippen LogP contribution is -2.41. The van der Waals surface area contributed by atoms with Crippen LogP contribution < -0.4 is 11.1 Å². The maximum absolute atomic E-state index is 12.4. The van der Waals surface area contributed by atoms with E-state index in [1.54, 1.807) is 0 Å². The van der Waals surface area contributed by atoms with Gasteiger partial charge in [-0.3, -0.25) is 4.79 Å². The lowest BCUT2D eigenvalue weighted by molar-refractivity contribution is -0.133. The zero-order valence-corrected chi connectivity index (χ0v) is 13.0. The van der Waals surface area contributed by atoms with Crippen LogP contribution in [-0.2, 0) is 4.79 Å². The Morgan fingerprint density at radius 1 is 1.29 bits per heavy atom. The number of benzene rings is 1. The number of nitrogens with two attached hydrogens (primary N) is 1. The topological polar surface area (TPSA) is 58.4 Å². The summed E-state index contributed by atoms with van der Waals surface area (Å²) in [5, 5.41) is 3.25. The second kappa shape index (κ2) is 7.91. The highest BCUT2D eigenvalue weighted by Gasteiger charge is 2.23. The summed E-state index contributed by atoms with van der Waals surface area (Å²) in [6, 6.07) is 8.12. The molecule has 1 fully saturated rings. The smallest absolute Gasteiger partial charge is 0.224 e. The molecule has 0 unspecified atom stereocenters. The SMILES string of the molecule is CCN(C(=O)CCNc1ccccc1N)C1CCCCC1. The van der Waals surface area contributed by atoms with Gasteiger partial charge in [0.05, 0.1) is 11.4 Å². The fourth-order valence-corrected chi connectivity index (χ4v) is 3.14. The van der Waals surface area contributed by atoms with Gasteiger partial charge in [0.2, 0.25) is 5.91 Å². The van der Waals surface area contributed by atoms with Gasteiger partial charge in [0.1, 0.15) is 0 Å². The highest BCUT2D eigenvalue weighted by molar-refractivity contribution is 5.77. The van der Waals surface area contributed by atoms with E-state index in [4.69, 9.17) is 5.73 Å².